The van der Waals surface area contributed by atoms with Gasteiger partial charge in [0.15, 0.2) is 0 Å². The van der Waals surface area contributed by atoms with Crippen LogP contribution < -0.4 is 0 Å². The zero-order valence-electron chi connectivity index (χ0n) is 13.3. The Morgan fingerprint density at radius 2 is 1.05 bits per heavy atom. The summed E-state index contributed by atoms with van der Waals surface area (Å²) in [5.41, 5.74) is 4.91. The highest BCUT2D eigenvalue weighted by molar-refractivity contribution is 5.20. The quantitative estimate of drug-likeness (QED) is 0.638. The average Bonchev–Trinajstić information content (AvgIpc) is 2.42. The minimum absolute atomic E-state index is 1.09. The summed E-state index contributed by atoms with van der Waals surface area (Å²) in [5.74, 6) is 0. The molecule has 0 aliphatic carbocycles. The highest BCUT2D eigenvalue weighted by Gasteiger charge is 2.10. The van der Waals surface area contributed by atoms with Gasteiger partial charge in [-0.2, -0.15) is 0 Å². The number of unbranched alkanes of at least 4 members (excludes halogenated alkanes) is 3. The smallest absolute Gasteiger partial charge is 0.0622 e. The summed E-state index contributed by atoms with van der Waals surface area (Å²) in [4.78, 5) is 9.79. The lowest BCUT2D eigenvalue weighted by Gasteiger charge is -2.12. The summed E-state index contributed by atoms with van der Waals surface area (Å²) in [7, 11) is 0. The molecule has 0 radical (unpaired) electrons. The van der Waals surface area contributed by atoms with Crippen LogP contribution in [0.1, 0.15) is 82.1 Å². The lowest BCUT2D eigenvalue weighted by molar-refractivity contribution is 0.694. The van der Waals surface area contributed by atoms with Gasteiger partial charge in [0.2, 0.25) is 0 Å². The van der Waals surface area contributed by atoms with Crippen LogP contribution in [-0.2, 0) is 19.3 Å². The molecular formula is C17H30N2. The summed E-state index contributed by atoms with van der Waals surface area (Å²) >= 11 is 0. The minimum Gasteiger partial charge on any atom is -0.254 e. The minimum atomic E-state index is 1.09. The van der Waals surface area contributed by atoms with Crippen molar-refractivity contribution in [3.8, 4) is 0 Å². The summed E-state index contributed by atoms with van der Waals surface area (Å²) < 4.78 is 0. The van der Waals surface area contributed by atoms with Gasteiger partial charge in [0.05, 0.1) is 22.8 Å². The molecule has 0 fully saturated rings. The molecular weight excluding hydrogens is 232 g/mol. The van der Waals surface area contributed by atoms with E-state index in [9.17, 15) is 0 Å². The third-order valence-corrected chi connectivity index (χ3v) is 3.62. The van der Waals surface area contributed by atoms with Crippen molar-refractivity contribution >= 4 is 0 Å². The van der Waals surface area contributed by atoms with Crippen molar-refractivity contribution in [1.82, 2.24) is 9.97 Å². The van der Waals surface area contributed by atoms with Gasteiger partial charge in [0, 0.05) is 0 Å². The molecule has 108 valence electrons. The second-order valence-electron chi connectivity index (χ2n) is 5.46. The van der Waals surface area contributed by atoms with Crippen LogP contribution in [0.4, 0.5) is 0 Å². The number of rotatable bonds is 9. The van der Waals surface area contributed by atoms with Crippen molar-refractivity contribution in [2.24, 2.45) is 0 Å². The van der Waals surface area contributed by atoms with Gasteiger partial charge in [-0.25, -0.2) is 0 Å². The lowest BCUT2D eigenvalue weighted by atomic mass is 10.1. The monoisotopic (exact) mass is 262 g/mol. The maximum absolute atomic E-state index is 4.94. The van der Waals surface area contributed by atoms with Gasteiger partial charge < -0.3 is 0 Å². The molecule has 19 heavy (non-hydrogen) atoms. The molecule has 1 rings (SSSR count). The average molecular weight is 262 g/mol. The van der Waals surface area contributed by atoms with Crippen LogP contribution in [0.15, 0.2) is 0 Å². The fourth-order valence-electron chi connectivity index (χ4n) is 2.31. The lowest BCUT2D eigenvalue weighted by Crippen LogP contribution is -2.08. The Labute approximate surface area is 119 Å². The Balaban J connectivity index is 2.91. The second-order valence-corrected chi connectivity index (χ2v) is 5.46. The molecule has 2 heteroatoms. The first kappa shape index (κ1) is 16.1. The molecule has 0 atom stereocenters. The zero-order chi connectivity index (χ0) is 14.1. The van der Waals surface area contributed by atoms with Gasteiger partial charge in [-0.15, -0.1) is 0 Å². The summed E-state index contributed by atoms with van der Waals surface area (Å²) in [6.45, 7) is 8.83. The normalized spacial score (nSPS) is 10.9. The van der Waals surface area contributed by atoms with E-state index in [1.165, 1.54) is 55.6 Å². The molecule has 0 aromatic carbocycles. The van der Waals surface area contributed by atoms with Crippen LogP contribution in [0, 0.1) is 6.92 Å². The van der Waals surface area contributed by atoms with Crippen LogP contribution in [-0.4, -0.2) is 9.97 Å². The van der Waals surface area contributed by atoms with Gasteiger partial charge >= 0.3 is 0 Å². The molecule has 0 N–H and O–H groups in total. The van der Waals surface area contributed by atoms with Crippen LogP contribution in [0.2, 0.25) is 0 Å². The third kappa shape index (κ3) is 5.30. The van der Waals surface area contributed by atoms with Crippen LogP contribution in [0.5, 0.6) is 0 Å². The van der Waals surface area contributed by atoms with Gasteiger partial charge in [0.25, 0.3) is 0 Å². The Morgan fingerprint density at radius 1 is 0.632 bits per heavy atom. The zero-order valence-corrected chi connectivity index (χ0v) is 13.3. The second kappa shape index (κ2) is 9.06. The van der Waals surface area contributed by atoms with Crippen LogP contribution >= 0.6 is 0 Å². The Kier molecular flexibility index (Phi) is 7.69. The maximum atomic E-state index is 4.94. The number of aromatic nitrogens is 2. The first-order valence-corrected chi connectivity index (χ1v) is 8.08. The number of nitrogens with zero attached hydrogens (tertiary/aromatic N) is 2. The van der Waals surface area contributed by atoms with Gasteiger partial charge in [-0.1, -0.05) is 40.0 Å². The number of aryl methyl sites for hydroxylation is 4. The maximum Gasteiger partial charge on any atom is 0.0622 e. The van der Waals surface area contributed by atoms with Crippen molar-refractivity contribution in [2.75, 3.05) is 0 Å². The standard InChI is InChI=1S/C17H30N2/c1-5-8-11-15-14(4)18-16(12-9-6-2)17(19-15)13-10-7-3/h5-13H2,1-4H3. The molecule has 0 aliphatic rings. The largest absolute Gasteiger partial charge is 0.254 e. The first-order valence-electron chi connectivity index (χ1n) is 8.08. The van der Waals surface area contributed by atoms with E-state index in [2.05, 4.69) is 27.7 Å². The van der Waals surface area contributed by atoms with Crippen LogP contribution in [0.3, 0.4) is 0 Å². The predicted molar refractivity (Wildman–Crippen MR) is 82.6 cm³/mol. The predicted octanol–water partition coefficient (Wildman–Crippen LogP) is 4.81. The SMILES string of the molecule is CCCCc1nc(CCCC)c(CCCC)nc1C. The number of hydrogen-bond acceptors (Lipinski definition) is 2. The van der Waals surface area contributed by atoms with Crippen molar-refractivity contribution in [1.29, 1.82) is 0 Å². The molecule has 0 amide bonds. The fourth-order valence-corrected chi connectivity index (χ4v) is 2.31. The van der Waals surface area contributed by atoms with E-state index in [4.69, 9.17) is 9.97 Å². The molecule has 1 aromatic heterocycles. The Bertz CT molecular complexity index is 372. The summed E-state index contributed by atoms with van der Waals surface area (Å²) in [6, 6.07) is 0. The molecule has 1 heterocycles. The van der Waals surface area contributed by atoms with Crippen molar-refractivity contribution < 1.29 is 0 Å². The van der Waals surface area contributed by atoms with Crippen LogP contribution in [0.25, 0.3) is 0 Å². The van der Waals surface area contributed by atoms with Crippen molar-refractivity contribution in [2.45, 2.75) is 85.5 Å². The third-order valence-electron chi connectivity index (χ3n) is 3.62. The Hall–Kier alpha value is -0.920. The van der Waals surface area contributed by atoms with E-state index in [0.29, 0.717) is 0 Å². The highest BCUT2D eigenvalue weighted by atomic mass is 14.8. The van der Waals surface area contributed by atoms with E-state index < -0.39 is 0 Å². The molecule has 0 unspecified atom stereocenters. The molecule has 0 saturated carbocycles. The molecule has 0 saturated heterocycles. The van der Waals surface area contributed by atoms with E-state index in [-0.39, 0.29) is 0 Å². The van der Waals surface area contributed by atoms with Gasteiger partial charge in [-0.05, 0) is 45.4 Å². The molecule has 1 aromatic rings. The molecule has 0 bridgehead atoms. The molecule has 0 spiro atoms. The summed E-state index contributed by atoms with van der Waals surface area (Å²) in [5, 5.41) is 0. The Morgan fingerprint density at radius 3 is 1.53 bits per heavy atom. The topological polar surface area (TPSA) is 25.8 Å². The highest BCUT2D eigenvalue weighted by Crippen LogP contribution is 2.15. The molecule has 0 aliphatic heterocycles. The summed E-state index contributed by atoms with van der Waals surface area (Å²) in [6.07, 6.45) is 10.6. The van der Waals surface area contributed by atoms with Crippen molar-refractivity contribution in [3.05, 3.63) is 22.8 Å². The fraction of sp³-hybridized carbons (Fsp3) is 0.765. The van der Waals surface area contributed by atoms with Gasteiger partial charge in [-0.3, -0.25) is 9.97 Å². The van der Waals surface area contributed by atoms with E-state index in [1.807, 2.05) is 0 Å². The molecule has 2 nitrogen and oxygen atoms in total. The van der Waals surface area contributed by atoms with E-state index >= 15 is 0 Å². The number of hydrogen-bond donors (Lipinski definition) is 0. The first-order chi connectivity index (χ1) is 9.22. The van der Waals surface area contributed by atoms with E-state index in [1.54, 1.807) is 0 Å². The van der Waals surface area contributed by atoms with Gasteiger partial charge in [0.1, 0.15) is 0 Å². The van der Waals surface area contributed by atoms with E-state index in [0.717, 1.165) is 25.0 Å². The van der Waals surface area contributed by atoms with Crippen molar-refractivity contribution in [3.63, 3.8) is 0 Å².